The molecular formula is C23H16ClN3O. The van der Waals surface area contributed by atoms with E-state index >= 15 is 0 Å². The molecule has 1 aromatic heterocycles. The largest absolute Gasteiger partial charge is 0.489 e. The number of hydrogen-bond donors (Lipinski definition) is 1. The molecule has 0 aliphatic rings. The van der Waals surface area contributed by atoms with Gasteiger partial charge in [-0.25, -0.2) is 4.98 Å². The molecule has 0 saturated carbocycles. The van der Waals surface area contributed by atoms with Crippen LogP contribution in [0.2, 0.25) is 5.02 Å². The summed E-state index contributed by atoms with van der Waals surface area (Å²) in [7, 11) is 0. The summed E-state index contributed by atoms with van der Waals surface area (Å²) < 4.78 is 5.86. The highest BCUT2D eigenvalue weighted by Crippen LogP contribution is 2.22. The number of nitriles is 1. The van der Waals surface area contributed by atoms with E-state index in [2.05, 4.69) is 16.0 Å². The molecule has 0 radical (unpaired) electrons. The van der Waals surface area contributed by atoms with Gasteiger partial charge in [0.1, 0.15) is 24.3 Å². The van der Waals surface area contributed by atoms with Gasteiger partial charge in [0, 0.05) is 5.02 Å². The standard InChI is InChI=1S/C23H16ClN3O/c24-19-10-8-16(9-11-19)15-28-20-5-3-4-17(13-20)12-18(14-25)23-26-21-6-1-2-7-22(21)27-23/h1-13H,15H2,(H,26,27)/b18-12+. The number of nitrogens with one attached hydrogen (secondary N) is 1. The van der Waals surface area contributed by atoms with Crippen LogP contribution in [0.25, 0.3) is 22.7 Å². The van der Waals surface area contributed by atoms with Gasteiger partial charge in [0.15, 0.2) is 0 Å². The van der Waals surface area contributed by atoms with Crippen molar-refractivity contribution in [2.24, 2.45) is 0 Å². The fourth-order valence-corrected chi connectivity index (χ4v) is 2.97. The summed E-state index contributed by atoms with van der Waals surface area (Å²) in [5, 5.41) is 10.3. The predicted molar refractivity (Wildman–Crippen MR) is 112 cm³/mol. The first-order chi connectivity index (χ1) is 13.7. The number of aromatic nitrogens is 2. The van der Waals surface area contributed by atoms with E-state index in [4.69, 9.17) is 16.3 Å². The number of rotatable bonds is 5. The lowest BCUT2D eigenvalue weighted by Gasteiger charge is -2.07. The zero-order chi connectivity index (χ0) is 19.3. The number of hydrogen-bond acceptors (Lipinski definition) is 3. The molecule has 0 bridgehead atoms. The van der Waals surface area contributed by atoms with Crippen LogP contribution in [0, 0.1) is 11.3 Å². The fourth-order valence-electron chi connectivity index (χ4n) is 2.84. The maximum Gasteiger partial charge on any atom is 0.149 e. The smallest absolute Gasteiger partial charge is 0.149 e. The summed E-state index contributed by atoms with van der Waals surface area (Å²) >= 11 is 5.91. The van der Waals surface area contributed by atoms with Gasteiger partial charge in [-0.05, 0) is 53.6 Å². The number of ether oxygens (including phenoxy) is 1. The number of halogens is 1. The Balaban J connectivity index is 1.55. The maximum absolute atomic E-state index is 9.59. The van der Waals surface area contributed by atoms with E-state index < -0.39 is 0 Å². The van der Waals surface area contributed by atoms with Crippen LogP contribution in [0.4, 0.5) is 0 Å². The van der Waals surface area contributed by atoms with Gasteiger partial charge in [-0.2, -0.15) is 5.26 Å². The lowest BCUT2D eigenvalue weighted by Crippen LogP contribution is -1.95. The highest BCUT2D eigenvalue weighted by Gasteiger charge is 2.08. The Hall–Kier alpha value is -3.55. The van der Waals surface area contributed by atoms with Crippen molar-refractivity contribution in [2.45, 2.75) is 6.61 Å². The summed E-state index contributed by atoms with van der Waals surface area (Å²) in [5.41, 5.74) is 4.10. The molecule has 0 fully saturated rings. The van der Waals surface area contributed by atoms with Gasteiger partial charge in [-0.1, -0.05) is 48.0 Å². The van der Waals surface area contributed by atoms with E-state index in [0.29, 0.717) is 23.0 Å². The number of para-hydroxylation sites is 2. The van der Waals surface area contributed by atoms with Crippen LogP contribution in [0.5, 0.6) is 5.75 Å². The van der Waals surface area contributed by atoms with Crippen molar-refractivity contribution >= 4 is 34.3 Å². The molecular weight excluding hydrogens is 370 g/mol. The Labute approximate surface area is 167 Å². The van der Waals surface area contributed by atoms with Gasteiger partial charge < -0.3 is 9.72 Å². The molecule has 4 rings (SSSR count). The second kappa shape index (κ2) is 7.99. The summed E-state index contributed by atoms with van der Waals surface area (Å²) in [5.74, 6) is 1.28. The molecule has 0 spiro atoms. The second-order valence-electron chi connectivity index (χ2n) is 6.26. The first-order valence-electron chi connectivity index (χ1n) is 8.75. The topological polar surface area (TPSA) is 61.7 Å². The fraction of sp³-hybridized carbons (Fsp3) is 0.0435. The Morgan fingerprint density at radius 1 is 1.07 bits per heavy atom. The minimum atomic E-state index is 0.443. The molecule has 1 heterocycles. The third-order valence-electron chi connectivity index (χ3n) is 4.25. The SMILES string of the molecule is N#C/C(=C\c1cccc(OCc2ccc(Cl)cc2)c1)c1nc2ccccc2[nH]1. The number of aromatic amines is 1. The number of benzene rings is 3. The zero-order valence-electron chi connectivity index (χ0n) is 14.9. The van der Waals surface area contributed by atoms with Crippen molar-refractivity contribution < 1.29 is 4.74 Å². The molecule has 1 N–H and O–H groups in total. The number of nitrogens with zero attached hydrogens (tertiary/aromatic N) is 2. The molecule has 0 atom stereocenters. The van der Waals surface area contributed by atoms with E-state index in [0.717, 1.165) is 27.9 Å². The second-order valence-corrected chi connectivity index (χ2v) is 6.70. The molecule has 3 aromatic carbocycles. The van der Waals surface area contributed by atoms with Gasteiger partial charge in [-0.3, -0.25) is 0 Å². The van der Waals surface area contributed by atoms with Crippen molar-refractivity contribution in [3.63, 3.8) is 0 Å². The van der Waals surface area contributed by atoms with Crippen LogP contribution in [-0.2, 0) is 6.61 Å². The van der Waals surface area contributed by atoms with Crippen molar-refractivity contribution in [2.75, 3.05) is 0 Å². The average molecular weight is 386 g/mol. The Bertz CT molecular complexity index is 1150. The quantitative estimate of drug-likeness (QED) is 0.437. The van der Waals surface area contributed by atoms with E-state index in [1.165, 1.54) is 0 Å². The van der Waals surface area contributed by atoms with Crippen LogP contribution in [0.3, 0.4) is 0 Å². The minimum Gasteiger partial charge on any atom is -0.489 e. The summed E-state index contributed by atoms with van der Waals surface area (Å²) in [6.45, 7) is 0.443. The molecule has 0 saturated heterocycles. The molecule has 0 aliphatic carbocycles. The Kier molecular flexibility index (Phi) is 5.09. The van der Waals surface area contributed by atoms with Crippen molar-refractivity contribution in [3.05, 3.63) is 94.8 Å². The Morgan fingerprint density at radius 2 is 1.89 bits per heavy atom. The van der Waals surface area contributed by atoms with Crippen molar-refractivity contribution in [1.29, 1.82) is 5.26 Å². The maximum atomic E-state index is 9.59. The number of H-pyrrole nitrogens is 1. The van der Waals surface area contributed by atoms with Gasteiger partial charge in [0.25, 0.3) is 0 Å². The minimum absolute atomic E-state index is 0.443. The first-order valence-corrected chi connectivity index (χ1v) is 9.13. The summed E-state index contributed by atoms with van der Waals surface area (Å²) in [6, 6.07) is 25.1. The van der Waals surface area contributed by atoms with Crippen molar-refractivity contribution in [1.82, 2.24) is 9.97 Å². The van der Waals surface area contributed by atoms with Gasteiger partial charge in [0.2, 0.25) is 0 Å². The lowest BCUT2D eigenvalue weighted by molar-refractivity contribution is 0.306. The van der Waals surface area contributed by atoms with Crippen LogP contribution >= 0.6 is 11.6 Å². The summed E-state index contributed by atoms with van der Waals surface area (Å²) in [6.07, 6.45) is 1.80. The predicted octanol–water partition coefficient (Wildman–Crippen LogP) is 5.86. The van der Waals surface area contributed by atoms with Gasteiger partial charge in [-0.15, -0.1) is 0 Å². The third kappa shape index (κ3) is 4.06. The highest BCUT2D eigenvalue weighted by molar-refractivity contribution is 6.30. The first kappa shape index (κ1) is 17.8. The third-order valence-corrected chi connectivity index (χ3v) is 4.50. The van der Waals surface area contributed by atoms with Crippen LogP contribution in [0.15, 0.2) is 72.8 Å². The van der Waals surface area contributed by atoms with Crippen LogP contribution in [-0.4, -0.2) is 9.97 Å². The Morgan fingerprint density at radius 3 is 2.68 bits per heavy atom. The average Bonchev–Trinajstić information content (AvgIpc) is 3.16. The molecule has 0 aliphatic heterocycles. The van der Waals surface area contributed by atoms with E-state index in [1.54, 1.807) is 6.08 Å². The molecule has 136 valence electrons. The van der Waals surface area contributed by atoms with E-state index in [1.807, 2.05) is 72.8 Å². The molecule has 4 aromatic rings. The normalized spacial score (nSPS) is 11.4. The molecule has 4 nitrogen and oxygen atoms in total. The van der Waals surface area contributed by atoms with Gasteiger partial charge >= 0.3 is 0 Å². The van der Waals surface area contributed by atoms with E-state index in [-0.39, 0.29) is 0 Å². The molecule has 28 heavy (non-hydrogen) atoms. The monoisotopic (exact) mass is 385 g/mol. The highest BCUT2D eigenvalue weighted by atomic mass is 35.5. The molecule has 0 unspecified atom stereocenters. The van der Waals surface area contributed by atoms with E-state index in [9.17, 15) is 5.26 Å². The van der Waals surface area contributed by atoms with Gasteiger partial charge in [0.05, 0.1) is 16.6 Å². The number of imidazole rings is 1. The zero-order valence-corrected chi connectivity index (χ0v) is 15.6. The van der Waals surface area contributed by atoms with Crippen LogP contribution in [0.1, 0.15) is 17.0 Å². The number of allylic oxidation sites excluding steroid dienone is 1. The van der Waals surface area contributed by atoms with Crippen molar-refractivity contribution in [3.8, 4) is 11.8 Å². The molecule has 0 amide bonds. The summed E-state index contributed by atoms with van der Waals surface area (Å²) in [4.78, 5) is 7.69. The van der Waals surface area contributed by atoms with Crippen LogP contribution < -0.4 is 4.74 Å². The lowest BCUT2D eigenvalue weighted by atomic mass is 10.1. The molecule has 5 heteroatoms. The number of fused-ring (bicyclic) bond motifs is 1.